The molecule has 35 heavy (non-hydrogen) atoms. The number of fused-ring (bicyclic) bond motifs is 2. The third-order valence-corrected chi connectivity index (χ3v) is 6.40. The molecule has 0 aliphatic carbocycles. The maximum Gasteiger partial charge on any atom is 0.420 e. The van der Waals surface area contributed by atoms with Gasteiger partial charge in [0.25, 0.3) is 0 Å². The van der Waals surface area contributed by atoms with Crippen molar-refractivity contribution < 1.29 is 13.9 Å². The first-order valence-corrected chi connectivity index (χ1v) is 11.3. The average molecular weight is 466 g/mol. The number of hydrogen-bond donors (Lipinski definition) is 2. The fourth-order valence-electron chi connectivity index (χ4n) is 4.68. The first kappa shape index (κ1) is 20.9. The summed E-state index contributed by atoms with van der Waals surface area (Å²) in [6.45, 7) is 0.271. The fourth-order valence-corrected chi connectivity index (χ4v) is 4.68. The molecule has 3 aromatic carbocycles. The van der Waals surface area contributed by atoms with E-state index in [0.717, 1.165) is 38.5 Å². The molecule has 0 saturated carbocycles. The second-order valence-corrected chi connectivity index (χ2v) is 8.31. The van der Waals surface area contributed by atoms with E-state index in [-0.39, 0.29) is 6.54 Å². The number of methoxy groups -OCH3 is 2. The number of rotatable bonds is 6. The second-order valence-electron chi connectivity index (χ2n) is 8.31. The second kappa shape index (κ2) is 8.29. The van der Waals surface area contributed by atoms with E-state index in [2.05, 4.69) is 9.97 Å². The Morgan fingerprint density at radius 2 is 1.49 bits per heavy atom. The largest absolute Gasteiger partial charge is 0.497 e. The van der Waals surface area contributed by atoms with Crippen LogP contribution < -0.4 is 15.2 Å². The monoisotopic (exact) mass is 465 g/mol. The van der Waals surface area contributed by atoms with Crippen LogP contribution in [-0.2, 0) is 6.54 Å². The number of hydrogen-bond acceptors (Lipinski definition) is 4. The molecule has 3 heterocycles. The summed E-state index contributed by atoms with van der Waals surface area (Å²) in [6.07, 6.45) is 3.81. The van der Waals surface area contributed by atoms with Crippen molar-refractivity contribution in [1.82, 2.24) is 14.5 Å². The molecule has 0 bridgehead atoms. The van der Waals surface area contributed by atoms with Crippen molar-refractivity contribution in [3.63, 3.8) is 0 Å². The van der Waals surface area contributed by atoms with Crippen molar-refractivity contribution in [1.29, 1.82) is 0 Å². The Balaban J connectivity index is 1.61. The topological polar surface area (TPSA) is 85.2 Å². The van der Waals surface area contributed by atoms with Gasteiger partial charge in [0.05, 0.1) is 20.8 Å². The number of nitrogens with one attached hydrogen (secondary N) is 2. The van der Waals surface area contributed by atoms with E-state index in [1.165, 1.54) is 0 Å². The SMILES string of the molecule is COc1ccc(Cn2c(-c3c[nH]c4ccccc34)c(-c3c[nH]c4ccccc34)oc2=O)c(OC)c1. The number of oxazole rings is 1. The molecule has 6 aromatic rings. The zero-order valence-electron chi connectivity index (χ0n) is 19.3. The molecule has 0 saturated heterocycles. The highest BCUT2D eigenvalue weighted by Crippen LogP contribution is 2.39. The number of aromatic nitrogens is 3. The van der Waals surface area contributed by atoms with Gasteiger partial charge in [0.1, 0.15) is 17.2 Å². The molecule has 0 amide bonds. The molecule has 0 aliphatic rings. The molecule has 174 valence electrons. The van der Waals surface area contributed by atoms with Gasteiger partial charge in [-0.3, -0.25) is 4.57 Å². The molecule has 2 N–H and O–H groups in total. The first-order chi connectivity index (χ1) is 17.2. The maximum absolute atomic E-state index is 13.4. The van der Waals surface area contributed by atoms with E-state index in [0.29, 0.717) is 23.0 Å². The minimum Gasteiger partial charge on any atom is -0.497 e. The van der Waals surface area contributed by atoms with Crippen LogP contribution in [0.5, 0.6) is 11.5 Å². The number of para-hydroxylation sites is 2. The van der Waals surface area contributed by atoms with Crippen LogP contribution in [0.15, 0.2) is 88.3 Å². The fraction of sp³-hybridized carbons (Fsp3) is 0.107. The Labute approximate surface area is 200 Å². The maximum atomic E-state index is 13.4. The van der Waals surface area contributed by atoms with E-state index < -0.39 is 5.76 Å². The third-order valence-electron chi connectivity index (χ3n) is 6.40. The van der Waals surface area contributed by atoms with Gasteiger partial charge < -0.3 is 23.9 Å². The third kappa shape index (κ3) is 3.40. The Bertz CT molecular complexity index is 1730. The molecular formula is C28H23N3O4. The Kier molecular flexibility index (Phi) is 4.95. The minimum absolute atomic E-state index is 0.271. The van der Waals surface area contributed by atoms with Crippen LogP contribution in [-0.4, -0.2) is 28.8 Å². The lowest BCUT2D eigenvalue weighted by molar-refractivity contribution is 0.389. The first-order valence-electron chi connectivity index (χ1n) is 11.3. The summed E-state index contributed by atoms with van der Waals surface area (Å²) in [5.41, 5.74) is 5.21. The van der Waals surface area contributed by atoms with Gasteiger partial charge in [-0.05, 0) is 24.3 Å². The van der Waals surface area contributed by atoms with Gasteiger partial charge >= 0.3 is 5.76 Å². The summed E-state index contributed by atoms with van der Waals surface area (Å²) in [6, 6.07) is 21.6. The van der Waals surface area contributed by atoms with Gasteiger partial charge in [0, 0.05) is 57.0 Å². The van der Waals surface area contributed by atoms with Crippen LogP contribution in [0.2, 0.25) is 0 Å². The molecule has 0 atom stereocenters. The molecule has 0 fully saturated rings. The smallest absolute Gasteiger partial charge is 0.420 e. The molecule has 6 rings (SSSR count). The predicted octanol–water partition coefficient (Wildman–Crippen LogP) is 5.80. The van der Waals surface area contributed by atoms with E-state index in [9.17, 15) is 4.79 Å². The number of benzene rings is 3. The molecule has 0 unspecified atom stereocenters. The number of H-pyrrole nitrogens is 2. The Morgan fingerprint density at radius 3 is 2.17 bits per heavy atom. The van der Waals surface area contributed by atoms with Crippen molar-refractivity contribution >= 4 is 21.8 Å². The zero-order valence-corrected chi connectivity index (χ0v) is 19.3. The number of ether oxygens (including phenoxy) is 2. The van der Waals surface area contributed by atoms with Gasteiger partial charge in [-0.1, -0.05) is 36.4 Å². The summed E-state index contributed by atoms with van der Waals surface area (Å²) >= 11 is 0. The van der Waals surface area contributed by atoms with Gasteiger partial charge in [-0.15, -0.1) is 0 Å². The van der Waals surface area contributed by atoms with Crippen LogP contribution in [0.25, 0.3) is 44.4 Å². The quantitative estimate of drug-likeness (QED) is 0.325. The van der Waals surface area contributed by atoms with E-state index in [4.69, 9.17) is 13.9 Å². The zero-order chi connectivity index (χ0) is 23.9. The highest BCUT2D eigenvalue weighted by atomic mass is 16.5. The van der Waals surface area contributed by atoms with Gasteiger partial charge in [0.2, 0.25) is 0 Å². The van der Waals surface area contributed by atoms with E-state index in [1.807, 2.05) is 79.1 Å². The van der Waals surface area contributed by atoms with Gasteiger partial charge in [-0.2, -0.15) is 0 Å². The van der Waals surface area contributed by atoms with Crippen LogP contribution in [0, 0.1) is 0 Å². The van der Waals surface area contributed by atoms with Crippen LogP contribution >= 0.6 is 0 Å². The van der Waals surface area contributed by atoms with Crippen molar-refractivity contribution in [3.8, 4) is 34.1 Å². The molecule has 0 spiro atoms. The number of nitrogens with zero attached hydrogens (tertiary/aromatic N) is 1. The van der Waals surface area contributed by atoms with Crippen LogP contribution in [0.4, 0.5) is 0 Å². The average Bonchev–Trinajstić information content (AvgIpc) is 3.59. The van der Waals surface area contributed by atoms with Crippen molar-refractivity contribution in [2.75, 3.05) is 14.2 Å². The van der Waals surface area contributed by atoms with Crippen molar-refractivity contribution in [2.45, 2.75) is 6.54 Å². The van der Waals surface area contributed by atoms with E-state index >= 15 is 0 Å². The van der Waals surface area contributed by atoms with Crippen molar-refractivity contribution in [2.24, 2.45) is 0 Å². The molecular weight excluding hydrogens is 442 g/mol. The summed E-state index contributed by atoms with van der Waals surface area (Å²) in [5, 5.41) is 1.99. The van der Waals surface area contributed by atoms with Crippen molar-refractivity contribution in [3.05, 3.63) is 95.2 Å². The number of aromatic amines is 2. The summed E-state index contributed by atoms with van der Waals surface area (Å²) in [5.74, 6) is 1.39. The highest BCUT2D eigenvalue weighted by Gasteiger charge is 2.25. The van der Waals surface area contributed by atoms with E-state index in [1.54, 1.807) is 18.8 Å². The summed E-state index contributed by atoms with van der Waals surface area (Å²) in [7, 11) is 3.21. The van der Waals surface area contributed by atoms with Crippen LogP contribution in [0.3, 0.4) is 0 Å². The Hall–Kier alpha value is -4.65. The summed E-state index contributed by atoms with van der Waals surface area (Å²) < 4.78 is 18.6. The molecule has 0 radical (unpaired) electrons. The lowest BCUT2D eigenvalue weighted by Crippen LogP contribution is -2.16. The molecule has 3 aromatic heterocycles. The lowest BCUT2D eigenvalue weighted by atomic mass is 10.0. The molecule has 7 heteroatoms. The Morgan fingerprint density at radius 1 is 0.829 bits per heavy atom. The van der Waals surface area contributed by atoms with Crippen LogP contribution in [0.1, 0.15) is 5.56 Å². The highest BCUT2D eigenvalue weighted by molar-refractivity contribution is 6.02. The molecule has 0 aliphatic heterocycles. The van der Waals surface area contributed by atoms with Gasteiger partial charge in [0.15, 0.2) is 5.76 Å². The standard InChI is InChI=1S/C28H23N3O4/c1-33-18-12-11-17(25(13-18)34-2)16-31-26(21-14-29-23-9-5-3-7-19(21)23)27(35-28(31)32)22-15-30-24-10-6-4-8-20(22)24/h3-15,29-30H,16H2,1-2H3. The predicted molar refractivity (Wildman–Crippen MR) is 136 cm³/mol. The minimum atomic E-state index is -0.441. The lowest BCUT2D eigenvalue weighted by Gasteiger charge is -2.12. The molecule has 7 nitrogen and oxygen atoms in total. The summed E-state index contributed by atoms with van der Waals surface area (Å²) in [4.78, 5) is 20.0. The van der Waals surface area contributed by atoms with Gasteiger partial charge in [-0.25, -0.2) is 4.79 Å². The normalized spacial score (nSPS) is 11.4.